The molecule has 0 bridgehead atoms. The molecule has 2 N–H and O–H groups in total. The molecule has 7 heteroatoms. The molecule has 148 valence electrons. The van der Waals surface area contributed by atoms with Crippen LogP contribution in [0.15, 0.2) is 54.7 Å². The maximum absolute atomic E-state index is 5.41. The van der Waals surface area contributed by atoms with Crippen LogP contribution in [0.3, 0.4) is 0 Å². The summed E-state index contributed by atoms with van der Waals surface area (Å²) in [5.41, 5.74) is 3.81. The smallest absolute Gasteiger partial charge is 0.223 e. The second kappa shape index (κ2) is 8.10. The number of hydrogen-bond donors (Lipinski definition) is 2. The molecular weight excluding hydrogens is 368 g/mol. The minimum Gasteiger partial charge on any atom is -0.493 e. The van der Waals surface area contributed by atoms with Crippen molar-refractivity contribution >= 4 is 16.9 Å². The number of nitrogens with zero attached hydrogens (tertiary/aromatic N) is 2. The number of ether oxygens (including phenoxy) is 3. The van der Waals surface area contributed by atoms with Crippen LogP contribution in [-0.4, -0.2) is 36.3 Å². The number of aromatic amines is 1. The van der Waals surface area contributed by atoms with Gasteiger partial charge >= 0.3 is 0 Å². The summed E-state index contributed by atoms with van der Waals surface area (Å²) in [6.45, 7) is 0.507. The van der Waals surface area contributed by atoms with E-state index >= 15 is 0 Å². The van der Waals surface area contributed by atoms with E-state index in [0.717, 1.165) is 27.9 Å². The Labute approximate surface area is 168 Å². The molecule has 7 nitrogen and oxygen atoms in total. The van der Waals surface area contributed by atoms with Crippen LogP contribution in [0.4, 0.5) is 5.95 Å². The van der Waals surface area contributed by atoms with Gasteiger partial charge in [-0.3, -0.25) is 0 Å². The molecule has 0 unspecified atom stereocenters. The molecule has 29 heavy (non-hydrogen) atoms. The fourth-order valence-corrected chi connectivity index (χ4v) is 3.22. The molecule has 2 aromatic heterocycles. The van der Waals surface area contributed by atoms with Crippen LogP contribution in [0, 0.1) is 0 Å². The van der Waals surface area contributed by atoms with E-state index in [1.807, 2.05) is 36.4 Å². The van der Waals surface area contributed by atoms with E-state index in [1.165, 1.54) is 0 Å². The number of methoxy groups -OCH3 is 3. The number of anilines is 1. The molecule has 4 rings (SSSR count). The minimum atomic E-state index is 0.507. The Kier molecular flexibility index (Phi) is 5.20. The fraction of sp³-hybridized carbons (Fsp3) is 0.182. The SMILES string of the molecule is COc1cc(CNc2nccc(-c3cc4ccccc4[nH]3)n2)cc(OC)c1OC. The predicted octanol–water partition coefficient (Wildman–Crippen LogP) is 4.26. The number of nitrogens with one attached hydrogen (secondary N) is 2. The normalized spacial score (nSPS) is 10.7. The van der Waals surface area contributed by atoms with Gasteiger partial charge in [0.2, 0.25) is 11.7 Å². The summed E-state index contributed by atoms with van der Waals surface area (Å²) in [6.07, 6.45) is 1.74. The lowest BCUT2D eigenvalue weighted by Gasteiger charge is -2.14. The van der Waals surface area contributed by atoms with Crippen molar-refractivity contribution in [1.29, 1.82) is 0 Å². The number of fused-ring (bicyclic) bond motifs is 1. The van der Waals surface area contributed by atoms with Crippen LogP contribution in [0.2, 0.25) is 0 Å². The third-order valence-electron chi connectivity index (χ3n) is 4.64. The summed E-state index contributed by atoms with van der Waals surface area (Å²) in [6, 6.07) is 15.9. The van der Waals surface area contributed by atoms with Gasteiger partial charge in [-0.2, -0.15) is 0 Å². The van der Waals surface area contributed by atoms with E-state index in [4.69, 9.17) is 14.2 Å². The quantitative estimate of drug-likeness (QED) is 0.491. The van der Waals surface area contributed by atoms with E-state index in [9.17, 15) is 0 Å². The molecule has 2 aromatic carbocycles. The Hall–Kier alpha value is -3.74. The average Bonchev–Trinajstić information content (AvgIpc) is 3.21. The van der Waals surface area contributed by atoms with Crippen molar-refractivity contribution in [2.24, 2.45) is 0 Å². The van der Waals surface area contributed by atoms with Gasteiger partial charge in [-0.15, -0.1) is 0 Å². The van der Waals surface area contributed by atoms with Crippen LogP contribution in [-0.2, 0) is 6.54 Å². The third-order valence-corrected chi connectivity index (χ3v) is 4.64. The zero-order chi connectivity index (χ0) is 20.2. The predicted molar refractivity (Wildman–Crippen MR) is 113 cm³/mol. The zero-order valence-electron chi connectivity index (χ0n) is 16.5. The highest BCUT2D eigenvalue weighted by Crippen LogP contribution is 2.38. The number of aromatic nitrogens is 3. The van der Waals surface area contributed by atoms with Gasteiger partial charge in [-0.05, 0) is 35.9 Å². The Morgan fingerprint density at radius 2 is 1.69 bits per heavy atom. The number of hydrogen-bond acceptors (Lipinski definition) is 6. The van der Waals surface area contributed by atoms with Gasteiger partial charge in [-0.1, -0.05) is 18.2 Å². The largest absolute Gasteiger partial charge is 0.493 e. The first kappa shape index (κ1) is 18.6. The summed E-state index contributed by atoms with van der Waals surface area (Å²) in [5.74, 6) is 2.32. The van der Waals surface area contributed by atoms with Crippen molar-refractivity contribution in [2.75, 3.05) is 26.6 Å². The van der Waals surface area contributed by atoms with Gasteiger partial charge in [0.1, 0.15) is 0 Å². The average molecular weight is 390 g/mol. The molecule has 0 atom stereocenters. The Bertz CT molecular complexity index is 1080. The standard InChI is InChI=1S/C22H22N4O3/c1-27-19-10-14(11-20(28-2)21(19)29-3)13-24-22-23-9-8-17(26-22)18-12-15-6-4-5-7-16(15)25-18/h4-12,25H,13H2,1-3H3,(H,23,24,26). The van der Waals surface area contributed by atoms with Crippen LogP contribution >= 0.6 is 0 Å². The van der Waals surface area contributed by atoms with Crippen molar-refractivity contribution in [3.63, 3.8) is 0 Å². The summed E-state index contributed by atoms with van der Waals surface area (Å²) >= 11 is 0. The van der Waals surface area contributed by atoms with Crippen LogP contribution in [0.5, 0.6) is 17.2 Å². The number of rotatable bonds is 7. The van der Waals surface area contributed by atoms with E-state index < -0.39 is 0 Å². The molecule has 0 spiro atoms. The van der Waals surface area contributed by atoms with Crippen molar-refractivity contribution < 1.29 is 14.2 Å². The van der Waals surface area contributed by atoms with Crippen molar-refractivity contribution in [1.82, 2.24) is 15.0 Å². The molecule has 0 radical (unpaired) electrons. The lowest BCUT2D eigenvalue weighted by molar-refractivity contribution is 0.324. The molecule has 2 heterocycles. The van der Waals surface area contributed by atoms with Crippen LogP contribution in [0.1, 0.15) is 5.56 Å². The summed E-state index contributed by atoms with van der Waals surface area (Å²) < 4.78 is 16.2. The Morgan fingerprint density at radius 3 is 2.38 bits per heavy atom. The topological polar surface area (TPSA) is 81.3 Å². The molecule has 0 aliphatic rings. The first-order valence-corrected chi connectivity index (χ1v) is 9.15. The van der Waals surface area contributed by atoms with Gasteiger partial charge in [0.15, 0.2) is 11.5 Å². The molecule has 0 aliphatic heterocycles. The van der Waals surface area contributed by atoms with Crippen LogP contribution in [0.25, 0.3) is 22.3 Å². The van der Waals surface area contributed by atoms with E-state index in [0.29, 0.717) is 29.7 Å². The molecular formula is C22H22N4O3. The molecule has 0 amide bonds. The minimum absolute atomic E-state index is 0.507. The molecule has 4 aromatic rings. The first-order valence-electron chi connectivity index (χ1n) is 9.15. The van der Waals surface area contributed by atoms with Crippen molar-refractivity contribution in [3.8, 4) is 28.6 Å². The highest BCUT2D eigenvalue weighted by atomic mass is 16.5. The Balaban J connectivity index is 1.56. The maximum Gasteiger partial charge on any atom is 0.223 e. The van der Waals surface area contributed by atoms with E-state index in [2.05, 4.69) is 32.4 Å². The fourth-order valence-electron chi connectivity index (χ4n) is 3.22. The maximum atomic E-state index is 5.41. The van der Waals surface area contributed by atoms with E-state index in [-0.39, 0.29) is 0 Å². The van der Waals surface area contributed by atoms with Gasteiger partial charge < -0.3 is 24.5 Å². The first-order chi connectivity index (χ1) is 14.2. The summed E-state index contributed by atoms with van der Waals surface area (Å²) in [5, 5.41) is 4.40. The van der Waals surface area contributed by atoms with Gasteiger partial charge in [0.25, 0.3) is 0 Å². The zero-order valence-corrected chi connectivity index (χ0v) is 16.5. The van der Waals surface area contributed by atoms with E-state index in [1.54, 1.807) is 27.5 Å². The summed E-state index contributed by atoms with van der Waals surface area (Å²) in [7, 11) is 4.78. The molecule has 0 fully saturated rings. The molecule has 0 saturated heterocycles. The van der Waals surface area contributed by atoms with Gasteiger partial charge in [0, 0.05) is 23.6 Å². The lowest BCUT2D eigenvalue weighted by Crippen LogP contribution is -2.05. The second-order valence-electron chi connectivity index (χ2n) is 6.42. The van der Waals surface area contributed by atoms with Crippen molar-refractivity contribution in [2.45, 2.75) is 6.54 Å². The number of H-pyrrole nitrogens is 1. The van der Waals surface area contributed by atoms with Crippen molar-refractivity contribution in [3.05, 3.63) is 60.3 Å². The lowest BCUT2D eigenvalue weighted by atomic mass is 10.2. The second-order valence-corrected chi connectivity index (χ2v) is 6.42. The monoisotopic (exact) mass is 390 g/mol. The number of para-hydroxylation sites is 1. The third kappa shape index (κ3) is 3.80. The molecule has 0 aliphatic carbocycles. The van der Waals surface area contributed by atoms with Gasteiger partial charge in [-0.25, -0.2) is 9.97 Å². The van der Waals surface area contributed by atoms with Crippen LogP contribution < -0.4 is 19.5 Å². The number of benzene rings is 2. The summed E-state index contributed by atoms with van der Waals surface area (Å²) in [4.78, 5) is 12.4. The Morgan fingerprint density at radius 1 is 0.931 bits per heavy atom. The molecule has 0 saturated carbocycles. The van der Waals surface area contributed by atoms with Gasteiger partial charge in [0.05, 0.1) is 32.7 Å². The highest BCUT2D eigenvalue weighted by Gasteiger charge is 2.13. The highest BCUT2D eigenvalue weighted by molar-refractivity contribution is 5.85.